The number of rotatable bonds is 7. The summed E-state index contributed by atoms with van der Waals surface area (Å²) in [5, 5.41) is 0.561. The second-order valence-electron chi connectivity index (χ2n) is 4.17. The van der Waals surface area contributed by atoms with Gasteiger partial charge in [-0.1, -0.05) is 11.8 Å². The molecule has 8 heteroatoms. The number of thioether (sulfide) groups is 1. The number of esters is 1. The molecule has 0 aliphatic carbocycles. The minimum Gasteiger partial charge on any atom is -0.462 e. The molecule has 2 aromatic heterocycles. The third-order valence-corrected chi connectivity index (χ3v) is 3.59. The number of nitrogens with zero attached hydrogens (tertiary/aromatic N) is 4. The van der Waals surface area contributed by atoms with E-state index in [0.29, 0.717) is 11.8 Å². The van der Waals surface area contributed by atoms with Crippen molar-refractivity contribution in [2.45, 2.75) is 25.0 Å². The Hall–Kier alpha value is -2.09. The van der Waals surface area contributed by atoms with E-state index in [2.05, 4.69) is 15.0 Å². The van der Waals surface area contributed by atoms with Gasteiger partial charge in [0.1, 0.15) is 11.4 Å². The first-order valence-corrected chi connectivity index (χ1v) is 7.57. The molecule has 21 heavy (non-hydrogen) atoms. The van der Waals surface area contributed by atoms with Crippen molar-refractivity contribution in [3.63, 3.8) is 0 Å². The molecule has 2 N–H and O–H groups in total. The first-order valence-electron chi connectivity index (χ1n) is 6.59. The molecule has 0 aliphatic rings. The van der Waals surface area contributed by atoms with Crippen molar-refractivity contribution < 1.29 is 9.53 Å². The van der Waals surface area contributed by atoms with Crippen LogP contribution >= 0.6 is 11.8 Å². The summed E-state index contributed by atoms with van der Waals surface area (Å²) in [6.07, 6.45) is 7.84. The van der Waals surface area contributed by atoms with E-state index in [1.54, 1.807) is 19.4 Å². The maximum atomic E-state index is 11.6. The van der Waals surface area contributed by atoms with Crippen molar-refractivity contribution in [2.24, 2.45) is 0 Å². The van der Waals surface area contributed by atoms with E-state index in [9.17, 15) is 4.79 Å². The monoisotopic (exact) mass is 307 g/mol. The highest BCUT2D eigenvalue weighted by molar-refractivity contribution is 7.99. The number of aromatic nitrogens is 4. The molecular formula is C13H17N5O2S. The number of carbonyl (C=O) groups is 1. The summed E-state index contributed by atoms with van der Waals surface area (Å²) >= 11 is 1.50. The number of hydrogen-bond donors (Lipinski definition) is 1. The van der Waals surface area contributed by atoms with Crippen molar-refractivity contribution >= 4 is 23.5 Å². The van der Waals surface area contributed by atoms with Crippen molar-refractivity contribution in [3.8, 4) is 0 Å². The number of anilines is 1. The smallest absolute Gasteiger partial charge is 0.343 e. The van der Waals surface area contributed by atoms with Crippen LogP contribution in [0.15, 0.2) is 30.1 Å². The molecule has 2 rings (SSSR count). The summed E-state index contributed by atoms with van der Waals surface area (Å²) < 4.78 is 6.89. The van der Waals surface area contributed by atoms with Gasteiger partial charge in [-0.2, -0.15) is 0 Å². The maximum Gasteiger partial charge on any atom is 0.343 e. The van der Waals surface area contributed by atoms with Crippen molar-refractivity contribution in [1.82, 2.24) is 19.5 Å². The zero-order valence-electron chi connectivity index (χ0n) is 11.7. The molecule has 2 heterocycles. The Morgan fingerprint density at radius 3 is 3.05 bits per heavy atom. The molecule has 0 amide bonds. The van der Waals surface area contributed by atoms with E-state index in [1.165, 1.54) is 18.0 Å². The molecule has 0 atom stereocenters. The number of nitrogens with two attached hydrogens (primary N) is 1. The zero-order chi connectivity index (χ0) is 15.1. The zero-order valence-corrected chi connectivity index (χ0v) is 12.5. The highest BCUT2D eigenvalue weighted by Crippen LogP contribution is 2.18. The lowest BCUT2D eigenvalue weighted by Gasteiger charge is -2.06. The molecule has 112 valence electrons. The van der Waals surface area contributed by atoms with E-state index in [-0.39, 0.29) is 11.4 Å². The first kappa shape index (κ1) is 15.3. The average Bonchev–Trinajstić information content (AvgIpc) is 2.97. The third-order valence-electron chi connectivity index (χ3n) is 2.64. The number of aryl methyl sites for hydroxylation is 1. The second kappa shape index (κ2) is 7.63. The van der Waals surface area contributed by atoms with E-state index in [4.69, 9.17) is 10.5 Å². The van der Waals surface area contributed by atoms with Crippen molar-refractivity contribution in [2.75, 3.05) is 18.1 Å². The van der Waals surface area contributed by atoms with E-state index < -0.39 is 5.97 Å². The lowest BCUT2D eigenvalue weighted by molar-refractivity contribution is 0.0526. The van der Waals surface area contributed by atoms with Crippen LogP contribution in [0.1, 0.15) is 23.7 Å². The van der Waals surface area contributed by atoms with Crippen molar-refractivity contribution in [1.29, 1.82) is 0 Å². The van der Waals surface area contributed by atoms with Gasteiger partial charge in [0.15, 0.2) is 5.16 Å². The van der Waals surface area contributed by atoms with Crippen LogP contribution in [0.5, 0.6) is 0 Å². The van der Waals surface area contributed by atoms with Gasteiger partial charge < -0.3 is 15.0 Å². The second-order valence-corrected chi connectivity index (χ2v) is 5.24. The van der Waals surface area contributed by atoms with Gasteiger partial charge in [0.25, 0.3) is 0 Å². The van der Waals surface area contributed by atoms with E-state index in [0.717, 1.165) is 18.7 Å². The van der Waals surface area contributed by atoms with Crippen LogP contribution in [0.2, 0.25) is 0 Å². The maximum absolute atomic E-state index is 11.6. The van der Waals surface area contributed by atoms with Gasteiger partial charge in [-0.15, -0.1) is 0 Å². The van der Waals surface area contributed by atoms with E-state index in [1.807, 2.05) is 10.8 Å². The highest BCUT2D eigenvalue weighted by atomic mass is 32.2. The van der Waals surface area contributed by atoms with Gasteiger partial charge in [0.05, 0.1) is 12.9 Å². The molecule has 0 saturated carbocycles. The lowest BCUT2D eigenvalue weighted by atomic mass is 10.3. The lowest BCUT2D eigenvalue weighted by Crippen LogP contribution is -2.10. The van der Waals surface area contributed by atoms with Crippen LogP contribution in [-0.4, -0.2) is 37.8 Å². The predicted molar refractivity (Wildman–Crippen MR) is 80.0 cm³/mol. The van der Waals surface area contributed by atoms with Gasteiger partial charge in [0.2, 0.25) is 0 Å². The number of imidazole rings is 1. The number of nitrogen functional groups attached to an aromatic ring is 1. The van der Waals surface area contributed by atoms with Crippen LogP contribution in [0.3, 0.4) is 0 Å². The average molecular weight is 307 g/mol. The fraction of sp³-hybridized carbons (Fsp3) is 0.385. The Morgan fingerprint density at radius 1 is 1.52 bits per heavy atom. The SMILES string of the molecule is CCOC(=O)c1cnc(SCCCn2ccnc2)nc1N. The standard InChI is InChI=1S/C13H17N5O2S/c1-2-20-12(19)10-8-16-13(17-11(10)14)21-7-3-5-18-6-4-15-9-18/h4,6,8-9H,2-3,5,7H2,1H3,(H2,14,16,17). The number of hydrogen-bond acceptors (Lipinski definition) is 7. The predicted octanol–water partition coefficient (Wildman–Crippen LogP) is 1.61. The molecule has 0 bridgehead atoms. The first-order chi connectivity index (χ1) is 10.2. The normalized spacial score (nSPS) is 10.5. The molecule has 7 nitrogen and oxygen atoms in total. The Labute approximate surface area is 126 Å². The summed E-state index contributed by atoms with van der Waals surface area (Å²) in [4.78, 5) is 23.8. The Morgan fingerprint density at radius 2 is 2.38 bits per heavy atom. The molecule has 0 radical (unpaired) electrons. The Kier molecular flexibility index (Phi) is 5.56. The number of carbonyl (C=O) groups excluding carboxylic acids is 1. The molecule has 0 saturated heterocycles. The minimum absolute atomic E-state index is 0.153. The quantitative estimate of drug-likeness (QED) is 0.359. The largest absolute Gasteiger partial charge is 0.462 e. The number of ether oxygens (including phenoxy) is 1. The van der Waals surface area contributed by atoms with Gasteiger partial charge in [-0.3, -0.25) is 0 Å². The van der Waals surface area contributed by atoms with Gasteiger partial charge in [-0.25, -0.2) is 19.7 Å². The highest BCUT2D eigenvalue weighted by Gasteiger charge is 2.13. The van der Waals surface area contributed by atoms with Crippen LogP contribution < -0.4 is 5.73 Å². The third kappa shape index (κ3) is 4.45. The fourth-order valence-electron chi connectivity index (χ4n) is 1.64. The summed E-state index contributed by atoms with van der Waals surface area (Å²) in [5.74, 6) is 0.517. The summed E-state index contributed by atoms with van der Waals surface area (Å²) in [6, 6.07) is 0. The Balaban J connectivity index is 1.84. The van der Waals surface area contributed by atoms with Crippen LogP contribution in [-0.2, 0) is 11.3 Å². The molecule has 2 aromatic rings. The molecule has 0 fully saturated rings. The molecule has 0 unspecified atom stereocenters. The van der Waals surface area contributed by atoms with Crippen LogP contribution in [0.4, 0.5) is 5.82 Å². The van der Waals surface area contributed by atoms with Crippen molar-refractivity contribution in [3.05, 3.63) is 30.5 Å². The summed E-state index contributed by atoms with van der Waals surface area (Å²) in [6.45, 7) is 2.92. The minimum atomic E-state index is -0.494. The fourth-order valence-corrected chi connectivity index (χ4v) is 2.39. The van der Waals surface area contributed by atoms with E-state index >= 15 is 0 Å². The topological polar surface area (TPSA) is 95.9 Å². The van der Waals surface area contributed by atoms with Gasteiger partial charge >= 0.3 is 5.97 Å². The molecular weight excluding hydrogens is 290 g/mol. The summed E-state index contributed by atoms with van der Waals surface area (Å²) in [7, 11) is 0. The summed E-state index contributed by atoms with van der Waals surface area (Å²) in [5.41, 5.74) is 5.96. The van der Waals surface area contributed by atoms with Crippen LogP contribution in [0, 0.1) is 0 Å². The Bertz CT molecular complexity index is 588. The van der Waals surface area contributed by atoms with Gasteiger partial charge in [-0.05, 0) is 13.3 Å². The molecule has 0 spiro atoms. The van der Waals surface area contributed by atoms with Crippen LogP contribution in [0.25, 0.3) is 0 Å². The molecule has 0 aliphatic heterocycles. The molecule has 0 aromatic carbocycles. The van der Waals surface area contributed by atoms with Gasteiger partial charge in [0, 0.05) is 30.9 Å².